The number of piperidine rings is 1. The zero-order valence-electron chi connectivity index (χ0n) is 20.1. The van der Waals surface area contributed by atoms with Crippen LogP contribution in [0, 0.1) is 0 Å². The van der Waals surface area contributed by atoms with Gasteiger partial charge in [0.15, 0.2) is 0 Å². The van der Waals surface area contributed by atoms with Crippen LogP contribution >= 0.6 is 0 Å². The van der Waals surface area contributed by atoms with Crippen molar-refractivity contribution in [2.24, 2.45) is 5.73 Å². The van der Waals surface area contributed by atoms with E-state index >= 15 is 0 Å². The summed E-state index contributed by atoms with van der Waals surface area (Å²) in [6, 6.07) is 8.21. The molecule has 0 atom stereocenters. The van der Waals surface area contributed by atoms with E-state index in [1.54, 1.807) is 0 Å². The average molecular weight is 499 g/mol. The van der Waals surface area contributed by atoms with Crippen molar-refractivity contribution < 1.29 is 18.0 Å². The lowest BCUT2D eigenvalue weighted by atomic mass is 9.89. The molecule has 2 aromatic heterocycles. The van der Waals surface area contributed by atoms with Crippen LogP contribution in [0.2, 0.25) is 0 Å². The summed E-state index contributed by atoms with van der Waals surface area (Å²) in [5, 5.41) is 0. The van der Waals surface area contributed by atoms with Gasteiger partial charge in [0.25, 0.3) is 0 Å². The predicted octanol–water partition coefficient (Wildman–Crippen LogP) is 3.50. The number of aryl methyl sites for hydroxylation is 2. The van der Waals surface area contributed by atoms with Gasteiger partial charge in [-0.2, -0.15) is 13.2 Å². The molecule has 1 fully saturated rings. The van der Waals surface area contributed by atoms with Crippen LogP contribution in [-0.2, 0) is 36.7 Å². The zero-order valence-corrected chi connectivity index (χ0v) is 20.1. The minimum Gasteiger partial charge on any atom is -0.369 e. The van der Waals surface area contributed by atoms with E-state index in [2.05, 4.69) is 44.0 Å². The number of benzene rings is 1. The summed E-state index contributed by atoms with van der Waals surface area (Å²) in [6.07, 6.45) is 1.69. The van der Waals surface area contributed by atoms with Crippen LogP contribution in [0.15, 0.2) is 42.9 Å². The Balaban J connectivity index is 1.50. The van der Waals surface area contributed by atoms with Crippen LogP contribution in [0.5, 0.6) is 0 Å². The molecule has 3 heterocycles. The smallest absolute Gasteiger partial charge is 0.369 e. The molecule has 1 aliphatic rings. The van der Waals surface area contributed by atoms with Crippen LogP contribution in [0.4, 0.5) is 13.2 Å². The topological polar surface area (TPSA) is 97.9 Å². The fourth-order valence-electron chi connectivity index (χ4n) is 4.56. The van der Waals surface area contributed by atoms with E-state index < -0.39 is 17.6 Å². The van der Waals surface area contributed by atoms with Crippen molar-refractivity contribution >= 4 is 5.91 Å². The minimum atomic E-state index is -4.58. The molecule has 4 rings (SSSR count). The molecule has 0 unspecified atom stereocenters. The van der Waals surface area contributed by atoms with Crippen LogP contribution in [-0.4, -0.2) is 50.9 Å². The number of rotatable bonds is 8. The second-order valence-corrected chi connectivity index (χ2v) is 9.23. The highest BCUT2D eigenvalue weighted by Crippen LogP contribution is 2.32. The molecule has 1 saturated heterocycles. The van der Waals surface area contributed by atoms with Gasteiger partial charge in [0.2, 0.25) is 5.91 Å². The number of nitrogens with zero attached hydrogens (tertiary/aromatic N) is 5. The van der Waals surface area contributed by atoms with Crippen molar-refractivity contribution in [2.45, 2.75) is 50.6 Å². The van der Waals surface area contributed by atoms with Gasteiger partial charge < -0.3 is 10.6 Å². The van der Waals surface area contributed by atoms with E-state index in [-0.39, 0.29) is 25.0 Å². The molecule has 0 aliphatic carbocycles. The second-order valence-electron chi connectivity index (χ2n) is 9.23. The molecule has 7 nitrogen and oxygen atoms in total. The number of carbonyl (C=O) groups excluding carboxylic acids is 1. The van der Waals surface area contributed by atoms with E-state index in [9.17, 15) is 18.0 Å². The van der Waals surface area contributed by atoms with Crippen LogP contribution < -0.4 is 5.73 Å². The first-order chi connectivity index (χ1) is 17.2. The van der Waals surface area contributed by atoms with E-state index in [4.69, 9.17) is 5.73 Å². The number of likely N-dealkylation sites (tertiary alicyclic amines) is 1. The molecule has 0 radical (unpaired) electrons. The van der Waals surface area contributed by atoms with Gasteiger partial charge in [-0.15, -0.1) is 0 Å². The standard InChI is InChI=1S/C26H29F3N6O/c1-35-12-8-19(9-13-35)18-4-2-17(3-5-18)14-25-33-16-20(26(27,28)29)21(34-25)6-7-22-23(15-24(30)36)32-11-10-31-22/h2-5,10-11,16,19H,6-9,12-15H2,1H3,(H2,30,36). The summed E-state index contributed by atoms with van der Waals surface area (Å²) in [4.78, 5) is 30.2. The van der Waals surface area contributed by atoms with Crippen LogP contribution in [0.1, 0.15) is 58.4 Å². The SMILES string of the molecule is CN1CCC(c2ccc(Cc3ncc(C(F)(F)F)c(CCc4nccnc4CC(N)=O)n3)cc2)CC1. The maximum Gasteiger partial charge on any atom is 0.419 e. The number of hydrogen-bond acceptors (Lipinski definition) is 6. The lowest BCUT2D eigenvalue weighted by Gasteiger charge is -2.29. The summed E-state index contributed by atoms with van der Waals surface area (Å²) < 4.78 is 41.0. The molecule has 0 bridgehead atoms. The quantitative estimate of drug-likeness (QED) is 0.511. The summed E-state index contributed by atoms with van der Waals surface area (Å²) in [6.45, 7) is 2.15. The molecule has 1 aromatic carbocycles. The second kappa shape index (κ2) is 11.1. The van der Waals surface area contributed by atoms with Gasteiger partial charge in [-0.05, 0) is 62.9 Å². The molecule has 190 valence electrons. The highest BCUT2D eigenvalue weighted by atomic mass is 19.4. The Morgan fingerprint density at radius 3 is 2.28 bits per heavy atom. The third kappa shape index (κ3) is 6.63. The minimum absolute atomic E-state index is 0.0239. The van der Waals surface area contributed by atoms with Gasteiger partial charge in [0, 0.05) is 25.0 Å². The third-order valence-corrected chi connectivity index (χ3v) is 6.56. The monoisotopic (exact) mass is 498 g/mol. The molecular formula is C26H29F3N6O. The molecule has 10 heteroatoms. The van der Waals surface area contributed by atoms with Crippen molar-refractivity contribution in [1.29, 1.82) is 0 Å². The summed E-state index contributed by atoms with van der Waals surface area (Å²) >= 11 is 0. The first-order valence-electron chi connectivity index (χ1n) is 12.0. The van der Waals surface area contributed by atoms with Crippen LogP contribution in [0.25, 0.3) is 0 Å². The fraction of sp³-hybridized carbons (Fsp3) is 0.423. The van der Waals surface area contributed by atoms with Crippen molar-refractivity contribution in [3.8, 4) is 0 Å². The van der Waals surface area contributed by atoms with E-state index in [1.165, 1.54) is 18.0 Å². The summed E-state index contributed by atoms with van der Waals surface area (Å²) in [7, 11) is 2.13. The first kappa shape index (κ1) is 25.7. The molecule has 36 heavy (non-hydrogen) atoms. The summed E-state index contributed by atoms with van der Waals surface area (Å²) in [5.74, 6) is 0.269. The Kier molecular flexibility index (Phi) is 7.93. The molecule has 1 aliphatic heterocycles. The predicted molar refractivity (Wildman–Crippen MR) is 128 cm³/mol. The van der Waals surface area contributed by atoms with Gasteiger partial charge >= 0.3 is 6.18 Å². The Labute approximate surface area is 208 Å². The molecule has 0 saturated carbocycles. The zero-order chi connectivity index (χ0) is 25.7. The molecular weight excluding hydrogens is 469 g/mol. The van der Waals surface area contributed by atoms with E-state index in [0.29, 0.717) is 29.6 Å². The van der Waals surface area contributed by atoms with E-state index in [0.717, 1.165) is 37.7 Å². The van der Waals surface area contributed by atoms with Gasteiger partial charge in [-0.3, -0.25) is 14.8 Å². The Bertz CT molecular complexity index is 1190. The average Bonchev–Trinajstić information content (AvgIpc) is 2.84. The maximum atomic E-state index is 13.7. The number of amides is 1. The maximum absolute atomic E-state index is 13.7. The number of aromatic nitrogens is 4. The largest absolute Gasteiger partial charge is 0.419 e. The van der Waals surface area contributed by atoms with Crippen molar-refractivity contribution in [3.63, 3.8) is 0 Å². The molecule has 3 aromatic rings. The lowest BCUT2D eigenvalue weighted by molar-refractivity contribution is -0.138. The number of hydrogen-bond donors (Lipinski definition) is 1. The number of alkyl halides is 3. The third-order valence-electron chi connectivity index (χ3n) is 6.56. The first-order valence-corrected chi connectivity index (χ1v) is 12.0. The summed E-state index contributed by atoms with van der Waals surface area (Å²) in [5.41, 5.74) is 7.29. The Hall–Kier alpha value is -3.40. The number of carbonyl (C=O) groups is 1. The number of halogens is 3. The van der Waals surface area contributed by atoms with Crippen molar-refractivity contribution in [3.05, 3.63) is 82.5 Å². The highest BCUT2D eigenvalue weighted by Gasteiger charge is 2.35. The normalized spacial score (nSPS) is 15.2. The van der Waals surface area contributed by atoms with Gasteiger partial charge in [0.05, 0.1) is 29.1 Å². The Morgan fingerprint density at radius 1 is 1.00 bits per heavy atom. The number of primary amides is 1. The van der Waals surface area contributed by atoms with Crippen molar-refractivity contribution in [2.75, 3.05) is 20.1 Å². The fourth-order valence-corrected chi connectivity index (χ4v) is 4.56. The highest BCUT2D eigenvalue weighted by molar-refractivity contribution is 5.76. The molecule has 1 amide bonds. The molecule has 0 spiro atoms. The van der Waals surface area contributed by atoms with E-state index in [1.807, 2.05) is 12.1 Å². The lowest BCUT2D eigenvalue weighted by Crippen LogP contribution is -2.29. The van der Waals surface area contributed by atoms with Crippen LogP contribution in [0.3, 0.4) is 0 Å². The Morgan fingerprint density at radius 2 is 1.64 bits per heavy atom. The molecule has 2 N–H and O–H groups in total. The van der Waals surface area contributed by atoms with Gasteiger partial charge in [-0.25, -0.2) is 9.97 Å². The van der Waals surface area contributed by atoms with Gasteiger partial charge in [-0.1, -0.05) is 24.3 Å². The number of nitrogens with two attached hydrogens (primary N) is 1. The van der Waals surface area contributed by atoms with Gasteiger partial charge in [0.1, 0.15) is 5.82 Å². The van der Waals surface area contributed by atoms with Crippen molar-refractivity contribution in [1.82, 2.24) is 24.8 Å².